The van der Waals surface area contributed by atoms with Gasteiger partial charge in [-0.15, -0.1) is 11.3 Å². The van der Waals surface area contributed by atoms with Crippen molar-refractivity contribution in [3.63, 3.8) is 0 Å². The van der Waals surface area contributed by atoms with E-state index in [4.69, 9.17) is 4.74 Å². The summed E-state index contributed by atoms with van der Waals surface area (Å²) in [6.07, 6.45) is 7.46. The van der Waals surface area contributed by atoms with Gasteiger partial charge in [-0.3, -0.25) is 9.59 Å². The zero-order chi connectivity index (χ0) is 25.2. The fourth-order valence-electron chi connectivity index (χ4n) is 4.89. The maximum atomic E-state index is 13.2. The first kappa shape index (κ1) is 27.3. The summed E-state index contributed by atoms with van der Waals surface area (Å²) in [6.45, 7) is 7.11. The number of ether oxygens (including phenoxy) is 1. The Hall–Kier alpha value is -2.25. The van der Waals surface area contributed by atoms with Crippen LogP contribution in [0.1, 0.15) is 75.9 Å². The maximum Gasteiger partial charge on any atom is 0.225 e. The van der Waals surface area contributed by atoms with Crippen molar-refractivity contribution in [3.05, 3.63) is 52.5 Å². The minimum Gasteiger partial charge on any atom is -0.381 e. The third-order valence-corrected chi connectivity index (χ3v) is 8.11. The Morgan fingerprint density at radius 3 is 2.69 bits per heavy atom. The molecule has 6 nitrogen and oxygen atoms in total. The molecule has 1 saturated heterocycles. The van der Waals surface area contributed by atoms with Gasteiger partial charge < -0.3 is 15.0 Å². The van der Waals surface area contributed by atoms with Crippen LogP contribution in [0.15, 0.2) is 41.9 Å². The van der Waals surface area contributed by atoms with Crippen molar-refractivity contribution in [3.8, 4) is 0 Å². The molecule has 1 aromatic heterocycles. The van der Waals surface area contributed by atoms with Gasteiger partial charge >= 0.3 is 0 Å². The number of nitrogens with one attached hydrogen (secondary N) is 1. The Bertz CT molecular complexity index is 905. The molecule has 1 fully saturated rings. The van der Waals surface area contributed by atoms with Gasteiger partial charge in [0, 0.05) is 37.2 Å². The summed E-state index contributed by atoms with van der Waals surface area (Å²) in [6, 6.07) is 10.1. The fraction of sp³-hybridized carbons (Fsp3) is 0.607. The number of thiazole rings is 1. The van der Waals surface area contributed by atoms with E-state index in [1.54, 1.807) is 24.6 Å². The summed E-state index contributed by atoms with van der Waals surface area (Å²) in [4.78, 5) is 32.8. The number of methoxy groups -OCH3 is 1. The average molecular weight is 500 g/mol. The molecule has 0 aliphatic carbocycles. The van der Waals surface area contributed by atoms with E-state index < -0.39 is 0 Å². The number of benzene rings is 1. The molecule has 2 aromatic rings. The van der Waals surface area contributed by atoms with Crippen LogP contribution in [0.25, 0.3) is 0 Å². The van der Waals surface area contributed by atoms with E-state index in [9.17, 15) is 9.59 Å². The van der Waals surface area contributed by atoms with Gasteiger partial charge in [0.2, 0.25) is 11.8 Å². The predicted molar refractivity (Wildman–Crippen MR) is 141 cm³/mol. The summed E-state index contributed by atoms with van der Waals surface area (Å²) >= 11 is 1.56. The normalized spacial score (nSPS) is 19.2. The van der Waals surface area contributed by atoms with E-state index in [0.29, 0.717) is 25.2 Å². The third-order valence-electron chi connectivity index (χ3n) is 7.22. The Labute approximate surface area is 214 Å². The standard InChI is InChI=1S/C28H41N3O3S/c1-5-20(2)16-24(34-4)19-26(32)31-14-9-12-23(31)17-21(3)27(33)30-25(28-29-13-15-35-28)18-22-10-7-6-8-11-22/h6-8,10-11,13,15,20-21,23-25H,5,9,12,14,16-19H2,1-4H3,(H,30,33)/t20-,21+,23-,24-,25?/m0/s1. The minimum atomic E-state index is -0.190. The summed E-state index contributed by atoms with van der Waals surface area (Å²) < 4.78 is 5.62. The molecule has 1 N–H and O–H groups in total. The monoisotopic (exact) mass is 499 g/mol. The van der Waals surface area contributed by atoms with Crippen LogP contribution in [-0.4, -0.2) is 47.5 Å². The van der Waals surface area contributed by atoms with Gasteiger partial charge in [0.1, 0.15) is 5.01 Å². The lowest BCUT2D eigenvalue weighted by atomic mass is 9.96. The van der Waals surface area contributed by atoms with E-state index in [0.717, 1.165) is 37.2 Å². The van der Waals surface area contributed by atoms with E-state index in [-0.39, 0.29) is 35.9 Å². The van der Waals surface area contributed by atoms with Crippen molar-refractivity contribution in [1.82, 2.24) is 15.2 Å². The van der Waals surface area contributed by atoms with E-state index in [1.807, 2.05) is 35.4 Å². The van der Waals surface area contributed by atoms with Crippen molar-refractivity contribution in [2.24, 2.45) is 11.8 Å². The molecule has 7 heteroatoms. The van der Waals surface area contributed by atoms with Gasteiger partial charge in [-0.2, -0.15) is 0 Å². The molecule has 1 aromatic carbocycles. The van der Waals surface area contributed by atoms with Crippen molar-refractivity contribution < 1.29 is 14.3 Å². The summed E-state index contributed by atoms with van der Waals surface area (Å²) in [7, 11) is 1.70. The molecule has 0 saturated carbocycles. The molecule has 0 bridgehead atoms. The predicted octanol–water partition coefficient (Wildman–Crippen LogP) is 5.40. The lowest BCUT2D eigenvalue weighted by Crippen LogP contribution is -2.41. The lowest BCUT2D eigenvalue weighted by Gasteiger charge is -2.29. The zero-order valence-corrected chi connectivity index (χ0v) is 22.4. The van der Waals surface area contributed by atoms with Crippen LogP contribution in [0.5, 0.6) is 0 Å². The Morgan fingerprint density at radius 2 is 2.03 bits per heavy atom. The topological polar surface area (TPSA) is 71.5 Å². The number of hydrogen-bond donors (Lipinski definition) is 1. The Kier molecular flexibility index (Phi) is 10.7. The molecule has 192 valence electrons. The molecule has 3 rings (SSSR count). The maximum absolute atomic E-state index is 13.2. The molecule has 5 atom stereocenters. The summed E-state index contributed by atoms with van der Waals surface area (Å²) in [5.74, 6) is 0.518. The number of rotatable bonds is 13. The SMILES string of the molecule is CC[C@H](C)C[C@@H](CC(=O)N1CCC[C@H]1C[C@@H](C)C(=O)NC(Cc1ccccc1)c1nccs1)OC. The number of hydrogen-bond acceptors (Lipinski definition) is 5. The first-order valence-electron chi connectivity index (χ1n) is 13.0. The molecule has 1 aliphatic rings. The van der Waals surface area contributed by atoms with Crippen LogP contribution < -0.4 is 5.32 Å². The van der Waals surface area contributed by atoms with E-state index in [2.05, 4.69) is 36.3 Å². The second kappa shape index (κ2) is 13.7. The van der Waals surface area contributed by atoms with Crippen molar-refractivity contribution >= 4 is 23.2 Å². The first-order chi connectivity index (χ1) is 16.9. The van der Waals surface area contributed by atoms with Gasteiger partial charge in [0.15, 0.2) is 0 Å². The summed E-state index contributed by atoms with van der Waals surface area (Å²) in [5, 5.41) is 6.10. The highest BCUT2D eigenvalue weighted by molar-refractivity contribution is 7.09. The molecule has 0 radical (unpaired) electrons. The fourth-order valence-corrected chi connectivity index (χ4v) is 5.57. The molecular formula is C28H41N3O3S. The first-order valence-corrected chi connectivity index (χ1v) is 13.8. The van der Waals surface area contributed by atoms with E-state index in [1.165, 1.54) is 5.56 Å². The molecule has 0 spiro atoms. The van der Waals surface area contributed by atoms with Gasteiger partial charge in [0.05, 0.1) is 18.6 Å². The molecule has 2 heterocycles. The van der Waals surface area contributed by atoms with Crippen molar-refractivity contribution in [2.75, 3.05) is 13.7 Å². The number of likely N-dealkylation sites (tertiary alicyclic amines) is 1. The third kappa shape index (κ3) is 8.14. The van der Waals surface area contributed by atoms with Crippen molar-refractivity contribution in [1.29, 1.82) is 0 Å². The number of nitrogens with zero attached hydrogens (tertiary/aromatic N) is 2. The van der Waals surface area contributed by atoms with Crippen molar-refractivity contribution in [2.45, 2.75) is 83.9 Å². The number of carbonyl (C=O) groups is 2. The smallest absolute Gasteiger partial charge is 0.225 e. The molecule has 1 aliphatic heterocycles. The quantitative estimate of drug-likeness (QED) is 0.400. The molecule has 35 heavy (non-hydrogen) atoms. The second-order valence-electron chi connectivity index (χ2n) is 9.95. The van der Waals surface area contributed by atoms with E-state index >= 15 is 0 Å². The Morgan fingerprint density at radius 1 is 1.26 bits per heavy atom. The van der Waals surface area contributed by atoms with Crippen LogP contribution in [0, 0.1) is 11.8 Å². The highest BCUT2D eigenvalue weighted by Gasteiger charge is 2.33. The average Bonchev–Trinajstić information content (AvgIpc) is 3.56. The van der Waals surface area contributed by atoms with Crippen LogP contribution >= 0.6 is 11.3 Å². The van der Waals surface area contributed by atoms with Gasteiger partial charge in [0.25, 0.3) is 0 Å². The Balaban J connectivity index is 1.58. The molecule has 1 unspecified atom stereocenters. The number of amides is 2. The van der Waals surface area contributed by atoms with Crippen LogP contribution in [0.4, 0.5) is 0 Å². The van der Waals surface area contributed by atoms with Gasteiger partial charge in [-0.1, -0.05) is 57.5 Å². The van der Waals surface area contributed by atoms with Crippen LogP contribution in [0.2, 0.25) is 0 Å². The molecule has 2 amide bonds. The zero-order valence-electron chi connectivity index (χ0n) is 21.6. The van der Waals surface area contributed by atoms with Crippen LogP contribution in [0.3, 0.4) is 0 Å². The number of aromatic nitrogens is 1. The highest BCUT2D eigenvalue weighted by Crippen LogP contribution is 2.27. The lowest BCUT2D eigenvalue weighted by molar-refractivity contribution is -0.136. The largest absolute Gasteiger partial charge is 0.381 e. The second-order valence-corrected chi connectivity index (χ2v) is 10.9. The van der Waals surface area contributed by atoms with Gasteiger partial charge in [-0.25, -0.2) is 4.98 Å². The molecular weight excluding hydrogens is 458 g/mol. The van der Waals surface area contributed by atoms with Crippen LogP contribution in [-0.2, 0) is 20.7 Å². The van der Waals surface area contributed by atoms with Gasteiger partial charge in [-0.05, 0) is 43.6 Å². The highest BCUT2D eigenvalue weighted by atomic mass is 32.1. The minimum absolute atomic E-state index is 0.0203. The number of carbonyl (C=O) groups excluding carboxylic acids is 2. The summed E-state index contributed by atoms with van der Waals surface area (Å²) in [5.41, 5.74) is 1.17.